The Bertz CT molecular complexity index is 1460. The number of hydrogen-bond acceptors (Lipinski definition) is 4. The Kier molecular flexibility index (Phi) is 7.40. The first-order valence-electron chi connectivity index (χ1n) is 14.7. The van der Waals surface area contributed by atoms with Gasteiger partial charge in [-0.3, -0.25) is 4.79 Å². The number of urea groups is 1. The minimum Gasteiger partial charge on any atom is -0.497 e. The molecule has 1 saturated heterocycles. The van der Waals surface area contributed by atoms with Crippen LogP contribution in [-0.2, 0) is 17.3 Å². The number of benzene rings is 2. The lowest BCUT2D eigenvalue weighted by Crippen LogP contribution is -2.57. The van der Waals surface area contributed by atoms with Gasteiger partial charge >= 0.3 is 6.03 Å². The van der Waals surface area contributed by atoms with Crippen LogP contribution in [0.2, 0.25) is 0 Å². The highest BCUT2D eigenvalue weighted by molar-refractivity contribution is 5.91. The fourth-order valence-corrected chi connectivity index (χ4v) is 7.49. The maximum atomic E-state index is 14.1. The first-order valence-corrected chi connectivity index (χ1v) is 14.7. The molecular weight excluding hydrogens is 523 g/mol. The second-order valence-corrected chi connectivity index (χ2v) is 11.9. The van der Waals surface area contributed by atoms with Crippen LogP contribution in [0, 0.1) is 11.7 Å². The molecule has 0 unspecified atom stereocenters. The van der Waals surface area contributed by atoms with E-state index >= 15 is 0 Å². The van der Waals surface area contributed by atoms with Crippen LogP contribution in [-0.4, -0.2) is 64.8 Å². The molecule has 1 saturated carbocycles. The lowest BCUT2D eigenvalue weighted by atomic mass is 9.68. The Morgan fingerprint density at radius 3 is 2.54 bits per heavy atom. The van der Waals surface area contributed by atoms with E-state index in [4.69, 9.17) is 4.74 Å². The molecule has 2 fully saturated rings. The second kappa shape index (κ2) is 11.0. The van der Waals surface area contributed by atoms with Gasteiger partial charge in [-0.25, -0.2) is 9.18 Å². The molecule has 3 heterocycles. The van der Waals surface area contributed by atoms with Crippen molar-refractivity contribution >= 4 is 28.5 Å². The van der Waals surface area contributed by atoms with Gasteiger partial charge in [0.25, 0.3) is 0 Å². The SMILES string of the molecule is COc1ccc2c3c(n(C)c2c1)[C@H](CO)N(C(=O)C1CCCCC1)CC31CCN(C(=O)Nc2cccc(F)c2)CC1. The lowest BCUT2D eigenvalue weighted by molar-refractivity contribution is -0.143. The van der Waals surface area contributed by atoms with E-state index in [2.05, 4.69) is 16.0 Å². The zero-order chi connectivity index (χ0) is 28.7. The predicted molar refractivity (Wildman–Crippen MR) is 155 cm³/mol. The molecule has 9 heteroatoms. The predicted octanol–water partition coefficient (Wildman–Crippen LogP) is 5.35. The number of nitrogens with zero attached hydrogens (tertiary/aromatic N) is 3. The molecule has 2 N–H and O–H groups in total. The highest BCUT2D eigenvalue weighted by atomic mass is 19.1. The van der Waals surface area contributed by atoms with Gasteiger partial charge in [-0.1, -0.05) is 25.3 Å². The van der Waals surface area contributed by atoms with Gasteiger partial charge in [-0.2, -0.15) is 0 Å². The Hall–Kier alpha value is -3.59. The van der Waals surface area contributed by atoms with E-state index in [1.54, 1.807) is 24.1 Å². The van der Waals surface area contributed by atoms with Crippen molar-refractivity contribution in [2.45, 2.75) is 56.4 Å². The summed E-state index contributed by atoms with van der Waals surface area (Å²) < 4.78 is 21.3. The molecule has 2 aromatic carbocycles. The summed E-state index contributed by atoms with van der Waals surface area (Å²) in [4.78, 5) is 30.9. The number of aliphatic hydroxyl groups excluding tert-OH is 1. The number of aliphatic hydroxyl groups is 1. The molecule has 3 amide bonds. The number of aryl methyl sites for hydroxylation is 1. The third-order valence-electron chi connectivity index (χ3n) is 9.64. The molecular formula is C32H39FN4O4. The highest BCUT2D eigenvalue weighted by Crippen LogP contribution is 2.50. The standard InChI is InChI=1S/C32H39FN4O4/c1-35-26-18-24(41-2)11-12-25(26)28-29(35)27(19-38)37(30(39)21-7-4-3-5-8-21)20-32(28)13-15-36(16-14-32)31(40)34-23-10-6-9-22(33)17-23/h6,9-12,17-18,21,27,38H,3-5,7-8,13-16,19-20H2,1-2H3,(H,34,40)/t27-/m0/s1. The number of carbonyl (C=O) groups is 2. The maximum absolute atomic E-state index is 14.1. The Morgan fingerprint density at radius 1 is 1.10 bits per heavy atom. The van der Waals surface area contributed by atoms with Gasteiger partial charge < -0.3 is 29.5 Å². The largest absolute Gasteiger partial charge is 0.497 e. The van der Waals surface area contributed by atoms with Gasteiger partial charge in [0.15, 0.2) is 0 Å². The van der Waals surface area contributed by atoms with E-state index in [9.17, 15) is 19.1 Å². The van der Waals surface area contributed by atoms with Gasteiger partial charge in [0.05, 0.1) is 25.3 Å². The van der Waals surface area contributed by atoms with Crippen LogP contribution in [0.1, 0.15) is 62.2 Å². The highest BCUT2D eigenvalue weighted by Gasteiger charge is 2.50. The van der Waals surface area contributed by atoms with Crippen LogP contribution >= 0.6 is 0 Å². The number of anilines is 1. The number of halogens is 1. The van der Waals surface area contributed by atoms with Crippen molar-refractivity contribution in [2.24, 2.45) is 13.0 Å². The Morgan fingerprint density at radius 2 is 1.85 bits per heavy atom. The smallest absolute Gasteiger partial charge is 0.321 e. The third-order valence-corrected chi connectivity index (χ3v) is 9.64. The van der Waals surface area contributed by atoms with E-state index in [1.165, 1.54) is 24.1 Å². The average Bonchev–Trinajstić information content (AvgIpc) is 3.30. The normalized spacial score (nSPS) is 20.7. The summed E-state index contributed by atoms with van der Waals surface area (Å²) in [6.07, 6.45) is 6.44. The summed E-state index contributed by atoms with van der Waals surface area (Å²) in [5, 5.41) is 14.7. The average molecular weight is 563 g/mol. The minimum absolute atomic E-state index is 0.0108. The maximum Gasteiger partial charge on any atom is 0.321 e. The van der Waals surface area contributed by atoms with Crippen molar-refractivity contribution in [3.8, 4) is 5.75 Å². The number of ether oxygens (including phenoxy) is 1. The van der Waals surface area contributed by atoms with Crippen molar-refractivity contribution in [3.63, 3.8) is 0 Å². The fourth-order valence-electron chi connectivity index (χ4n) is 7.49. The van der Waals surface area contributed by atoms with Gasteiger partial charge in [0.1, 0.15) is 11.6 Å². The number of fused-ring (bicyclic) bond motifs is 4. The number of methoxy groups -OCH3 is 1. The molecule has 0 radical (unpaired) electrons. The van der Waals surface area contributed by atoms with E-state index < -0.39 is 11.9 Å². The fraction of sp³-hybridized carbons (Fsp3) is 0.500. The minimum atomic E-state index is -0.428. The molecule has 3 aromatic rings. The summed E-state index contributed by atoms with van der Waals surface area (Å²) in [5.74, 6) is 0.485. The van der Waals surface area contributed by atoms with E-state index in [-0.39, 0.29) is 29.9 Å². The monoisotopic (exact) mass is 562 g/mol. The number of likely N-dealkylation sites (tertiary alicyclic amines) is 1. The first kappa shape index (κ1) is 27.6. The van der Waals surface area contributed by atoms with Crippen LogP contribution in [0.15, 0.2) is 42.5 Å². The van der Waals surface area contributed by atoms with Gasteiger partial charge in [0, 0.05) is 60.8 Å². The quantitative estimate of drug-likeness (QED) is 0.449. The van der Waals surface area contributed by atoms with Crippen molar-refractivity contribution in [1.82, 2.24) is 14.4 Å². The number of piperidine rings is 1. The van der Waals surface area contributed by atoms with Gasteiger partial charge in [0.2, 0.25) is 5.91 Å². The number of rotatable bonds is 4. The summed E-state index contributed by atoms with van der Waals surface area (Å²) in [6, 6.07) is 11.3. The van der Waals surface area contributed by atoms with Crippen molar-refractivity contribution in [3.05, 3.63) is 59.5 Å². The van der Waals surface area contributed by atoms with Crippen molar-refractivity contribution in [1.29, 1.82) is 0 Å². The van der Waals surface area contributed by atoms with Gasteiger partial charge in [-0.05, 0) is 61.6 Å². The molecule has 6 rings (SSSR count). The van der Waals surface area contributed by atoms with Gasteiger partial charge in [-0.15, -0.1) is 0 Å². The van der Waals surface area contributed by atoms with E-state index in [1.807, 2.05) is 24.1 Å². The zero-order valence-corrected chi connectivity index (χ0v) is 23.9. The third kappa shape index (κ3) is 4.84. The molecule has 218 valence electrons. The number of carbonyl (C=O) groups excluding carboxylic acids is 2. The molecule has 1 atom stereocenters. The number of hydrogen-bond donors (Lipinski definition) is 2. The number of amides is 3. The second-order valence-electron chi connectivity index (χ2n) is 11.9. The molecule has 0 bridgehead atoms. The Labute approximate surface area is 240 Å². The van der Waals surface area contributed by atoms with Crippen molar-refractivity contribution in [2.75, 3.05) is 38.7 Å². The number of nitrogens with one attached hydrogen (secondary N) is 1. The Balaban J connectivity index is 1.37. The molecule has 1 spiro atoms. The van der Waals surface area contributed by atoms with Crippen LogP contribution in [0.3, 0.4) is 0 Å². The lowest BCUT2D eigenvalue weighted by Gasteiger charge is -2.51. The summed E-state index contributed by atoms with van der Waals surface area (Å²) in [6.45, 7) is 1.38. The molecule has 8 nitrogen and oxygen atoms in total. The van der Waals surface area contributed by atoms with Crippen LogP contribution in [0.25, 0.3) is 10.9 Å². The first-order chi connectivity index (χ1) is 19.8. The van der Waals surface area contributed by atoms with Crippen molar-refractivity contribution < 1.29 is 23.8 Å². The molecule has 1 aliphatic carbocycles. The molecule has 3 aliphatic rings. The summed E-state index contributed by atoms with van der Waals surface area (Å²) in [7, 11) is 3.66. The summed E-state index contributed by atoms with van der Waals surface area (Å²) in [5.41, 5.74) is 3.21. The van der Waals surface area contributed by atoms with Crippen LogP contribution in [0.5, 0.6) is 5.75 Å². The topological polar surface area (TPSA) is 87.0 Å². The van der Waals surface area contributed by atoms with E-state index in [0.717, 1.165) is 48.0 Å². The zero-order valence-electron chi connectivity index (χ0n) is 23.9. The van der Waals surface area contributed by atoms with Crippen LogP contribution < -0.4 is 10.1 Å². The number of aromatic nitrogens is 1. The van der Waals surface area contributed by atoms with Crippen LogP contribution in [0.4, 0.5) is 14.9 Å². The molecule has 1 aromatic heterocycles. The summed E-state index contributed by atoms with van der Waals surface area (Å²) >= 11 is 0. The molecule has 41 heavy (non-hydrogen) atoms. The van der Waals surface area contributed by atoms with E-state index in [0.29, 0.717) is 38.2 Å². The molecule has 2 aliphatic heterocycles.